The molecule has 0 fully saturated rings. The number of fused-ring (bicyclic) bond motifs is 1. The summed E-state index contributed by atoms with van der Waals surface area (Å²) in [4.78, 5) is 25.2. The standard InChI is InChI=1S/C28H26N2O6/c1-33-23-13-3-5-15-25(23)35-17-27(31)29-21-11-7-10-20-19(21)9-8-12-22(20)30-28(32)18-36-26-16-6-4-14-24(26)34-2/h3-16H,17-18H2,1-2H3,(H,29,31)(H,30,32). The summed E-state index contributed by atoms with van der Waals surface area (Å²) in [6.07, 6.45) is 0. The van der Waals surface area contributed by atoms with Gasteiger partial charge in [0, 0.05) is 22.1 Å². The zero-order valence-corrected chi connectivity index (χ0v) is 19.9. The summed E-state index contributed by atoms with van der Waals surface area (Å²) in [5.41, 5.74) is 1.20. The molecular formula is C28H26N2O6. The SMILES string of the molecule is COc1ccccc1OCC(=O)Nc1cccc2c(NC(=O)COc3ccccc3OC)cccc12. The molecule has 0 saturated carbocycles. The second-order valence-corrected chi connectivity index (χ2v) is 7.68. The van der Waals surface area contributed by atoms with Gasteiger partial charge in [0.25, 0.3) is 11.8 Å². The highest BCUT2D eigenvalue weighted by molar-refractivity contribution is 6.09. The first-order valence-electron chi connectivity index (χ1n) is 11.2. The van der Waals surface area contributed by atoms with Gasteiger partial charge in [-0.3, -0.25) is 9.59 Å². The van der Waals surface area contributed by atoms with Crippen LogP contribution in [0, 0.1) is 0 Å². The molecule has 0 aliphatic heterocycles. The molecule has 4 aromatic rings. The van der Waals surface area contributed by atoms with Gasteiger partial charge in [-0.05, 0) is 36.4 Å². The molecule has 0 unspecified atom stereocenters. The largest absolute Gasteiger partial charge is 0.493 e. The van der Waals surface area contributed by atoms with Gasteiger partial charge in [-0.1, -0.05) is 48.5 Å². The summed E-state index contributed by atoms with van der Waals surface area (Å²) in [7, 11) is 3.08. The first kappa shape index (κ1) is 24.4. The minimum absolute atomic E-state index is 0.187. The Labute approximate surface area is 208 Å². The number of hydrogen-bond donors (Lipinski definition) is 2. The molecule has 0 atom stereocenters. The highest BCUT2D eigenvalue weighted by Crippen LogP contribution is 2.30. The molecule has 0 spiro atoms. The average Bonchev–Trinajstić information content (AvgIpc) is 2.91. The Morgan fingerprint density at radius 2 is 0.944 bits per heavy atom. The third-order valence-electron chi connectivity index (χ3n) is 5.33. The van der Waals surface area contributed by atoms with Crippen molar-refractivity contribution >= 4 is 34.0 Å². The molecule has 0 saturated heterocycles. The van der Waals surface area contributed by atoms with Gasteiger partial charge in [0.15, 0.2) is 36.2 Å². The summed E-state index contributed by atoms with van der Waals surface area (Å²) in [5.74, 6) is 1.40. The van der Waals surface area contributed by atoms with Crippen LogP contribution in [-0.4, -0.2) is 39.2 Å². The van der Waals surface area contributed by atoms with Gasteiger partial charge in [-0.2, -0.15) is 0 Å². The summed E-state index contributed by atoms with van der Waals surface area (Å²) < 4.78 is 21.7. The van der Waals surface area contributed by atoms with Crippen molar-refractivity contribution in [3.63, 3.8) is 0 Å². The Morgan fingerprint density at radius 3 is 1.33 bits per heavy atom. The number of methoxy groups -OCH3 is 2. The molecule has 0 radical (unpaired) electrons. The van der Waals surface area contributed by atoms with Gasteiger partial charge in [-0.15, -0.1) is 0 Å². The molecule has 8 heteroatoms. The van der Waals surface area contributed by atoms with Gasteiger partial charge >= 0.3 is 0 Å². The van der Waals surface area contributed by atoms with Crippen molar-refractivity contribution in [2.24, 2.45) is 0 Å². The molecule has 8 nitrogen and oxygen atoms in total. The van der Waals surface area contributed by atoms with E-state index in [1.165, 1.54) is 0 Å². The van der Waals surface area contributed by atoms with Gasteiger partial charge in [0.2, 0.25) is 0 Å². The van der Waals surface area contributed by atoms with E-state index in [2.05, 4.69) is 10.6 Å². The van der Waals surface area contributed by atoms with Crippen LogP contribution in [0.3, 0.4) is 0 Å². The quantitative estimate of drug-likeness (QED) is 0.331. The van der Waals surface area contributed by atoms with Crippen molar-refractivity contribution in [1.29, 1.82) is 0 Å². The van der Waals surface area contributed by atoms with Crippen LogP contribution in [0.1, 0.15) is 0 Å². The van der Waals surface area contributed by atoms with Crippen molar-refractivity contribution in [3.8, 4) is 23.0 Å². The topological polar surface area (TPSA) is 95.1 Å². The van der Waals surface area contributed by atoms with E-state index < -0.39 is 0 Å². The number of carbonyl (C=O) groups is 2. The van der Waals surface area contributed by atoms with Crippen LogP contribution in [0.15, 0.2) is 84.9 Å². The molecule has 2 amide bonds. The molecule has 0 aliphatic carbocycles. The highest BCUT2D eigenvalue weighted by Gasteiger charge is 2.13. The lowest BCUT2D eigenvalue weighted by atomic mass is 10.1. The first-order valence-corrected chi connectivity index (χ1v) is 11.2. The van der Waals surface area contributed by atoms with E-state index in [4.69, 9.17) is 18.9 Å². The smallest absolute Gasteiger partial charge is 0.262 e. The van der Waals surface area contributed by atoms with Gasteiger partial charge in [-0.25, -0.2) is 0 Å². The monoisotopic (exact) mass is 486 g/mol. The van der Waals surface area contributed by atoms with Crippen LogP contribution in [0.2, 0.25) is 0 Å². The first-order chi connectivity index (χ1) is 17.6. The maximum absolute atomic E-state index is 12.6. The molecule has 4 rings (SSSR count). The fourth-order valence-corrected chi connectivity index (χ4v) is 3.66. The van der Waals surface area contributed by atoms with E-state index in [0.717, 1.165) is 10.8 Å². The molecule has 4 aromatic carbocycles. The molecule has 184 valence electrons. The fraction of sp³-hybridized carbons (Fsp3) is 0.143. The Hall–Kier alpha value is -4.72. The third kappa shape index (κ3) is 5.85. The molecule has 0 aliphatic rings. The minimum atomic E-state index is -0.326. The second-order valence-electron chi connectivity index (χ2n) is 7.68. The summed E-state index contributed by atoms with van der Waals surface area (Å²) in [6.45, 7) is -0.374. The van der Waals surface area contributed by atoms with Crippen LogP contribution < -0.4 is 29.6 Å². The van der Waals surface area contributed by atoms with Crippen LogP contribution in [0.4, 0.5) is 11.4 Å². The van der Waals surface area contributed by atoms with E-state index in [1.54, 1.807) is 74.9 Å². The lowest BCUT2D eigenvalue weighted by molar-refractivity contribution is -0.118. The van der Waals surface area contributed by atoms with Crippen LogP contribution >= 0.6 is 0 Å². The van der Waals surface area contributed by atoms with Crippen molar-refractivity contribution in [1.82, 2.24) is 0 Å². The lowest BCUT2D eigenvalue weighted by Gasteiger charge is -2.14. The Kier molecular flexibility index (Phi) is 7.87. The lowest BCUT2D eigenvalue weighted by Crippen LogP contribution is -2.21. The predicted octanol–water partition coefficient (Wildman–Crippen LogP) is 4.89. The van der Waals surface area contributed by atoms with E-state index in [0.29, 0.717) is 34.4 Å². The van der Waals surface area contributed by atoms with Crippen LogP contribution in [-0.2, 0) is 9.59 Å². The second kappa shape index (κ2) is 11.6. The molecular weight excluding hydrogens is 460 g/mol. The van der Waals surface area contributed by atoms with Gasteiger partial charge in [0.1, 0.15) is 0 Å². The van der Waals surface area contributed by atoms with Crippen molar-refractivity contribution in [3.05, 3.63) is 84.9 Å². The maximum atomic E-state index is 12.6. The number of benzene rings is 4. The average molecular weight is 487 g/mol. The van der Waals surface area contributed by atoms with E-state index in [-0.39, 0.29) is 25.0 Å². The number of nitrogens with one attached hydrogen (secondary N) is 2. The zero-order valence-electron chi connectivity index (χ0n) is 19.9. The number of ether oxygens (including phenoxy) is 4. The van der Waals surface area contributed by atoms with E-state index >= 15 is 0 Å². The van der Waals surface area contributed by atoms with E-state index in [1.807, 2.05) is 24.3 Å². The zero-order chi connectivity index (χ0) is 25.3. The normalized spacial score (nSPS) is 10.4. The molecule has 0 aromatic heterocycles. The van der Waals surface area contributed by atoms with Crippen molar-refractivity contribution in [2.45, 2.75) is 0 Å². The molecule has 2 N–H and O–H groups in total. The predicted molar refractivity (Wildman–Crippen MR) is 138 cm³/mol. The number of rotatable bonds is 10. The Bertz CT molecular complexity index is 1270. The van der Waals surface area contributed by atoms with Crippen molar-refractivity contribution < 1.29 is 28.5 Å². The number of carbonyl (C=O) groups excluding carboxylic acids is 2. The van der Waals surface area contributed by atoms with Crippen LogP contribution in [0.25, 0.3) is 10.8 Å². The highest BCUT2D eigenvalue weighted by atomic mass is 16.5. The summed E-state index contributed by atoms with van der Waals surface area (Å²) in [5, 5.41) is 7.29. The minimum Gasteiger partial charge on any atom is -0.493 e. The molecule has 0 bridgehead atoms. The van der Waals surface area contributed by atoms with Crippen LogP contribution in [0.5, 0.6) is 23.0 Å². The Morgan fingerprint density at radius 1 is 0.556 bits per heavy atom. The summed E-state index contributed by atoms with van der Waals surface area (Å²) >= 11 is 0. The number of hydrogen-bond acceptors (Lipinski definition) is 6. The number of anilines is 2. The molecule has 0 heterocycles. The van der Waals surface area contributed by atoms with Crippen molar-refractivity contribution in [2.75, 3.05) is 38.1 Å². The third-order valence-corrected chi connectivity index (χ3v) is 5.33. The number of amides is 2. The van der Waals surface area contributed by atoms with Gasteiger partial charge in [0.05, 0.1) is 14.2 Å². The number of para-hydroxylation sites is 4. The molecule has 36 heavy (non-hydrogen) atoms. The maximum Gasteiger partial charge on any atom is 0.262 e. The van der Waals surface area contributed by atoms with E-state index in [9.17, 15) is 9.59 Å². The Balaban J connectivity index is 1.42. The van der Waals surface area contributed by atoms with Gasteiger partial charge < -0.3 is 29.6 Å². The summed E-state index contributed by atoms with van der Waals surface area (Å²) in [6, 6.07) is 25.2. The fourth-order valence-electron chi connectivity index (χ4n) is 3.66.